The van der Waals surface area contributed by atoms with E-state index in [9.17, 15) is 14.0 Å². The zero-order valence-corrected chi connectivity index (χ0v) is 18.7. The minimum absolute atomic E-state index is 0.121. The Bertz CT molecular complexity index is 1100. The van der Waals surface area contributed by atoms with Crippen LogP contribution in [0.3, 0.4) is 0 Å². The second-order valence-corrected chi connectivity index (χ2v) is 8.29. The molecule has 2 aliphatic heterocycles. The molecule has 11 heteroatoms. The van der Waals surface area contributed by atoms with Gasteiger partial charge in [0.05, 0.1) is 36.6 Å². The van der Waals surface area contributed by atoms with Crippen molar-refractivity contribution in [1.29, 1.82) is 0 Å². The van der Waals surface area contributed by atoms with Gasteiger partial charge in [-0.15, -0.1) is 11.3 Å². The molecule has 3 unspecified atom stereocenters. The SMILES string of the molecule is COC(=O)C1=C(C2CCC(C(=O)OC)O2)NC(c2nccs2)=NC1c1cccc(F)c1Cl. The van der Waals surface area contributed by atoms with E-state index < -0.39 is 36.0 Å². The summed E-state index contributed by atoms with van der Waals surface area (Å²) in [6.07, 6.45) is 1.06. The average molecular weight is 480 g/mol. The highest BCUT2D eigenvalue weighted by Gasteiger charge is 2.41. The number of nitrogens with zero attached hydrogens (tertiary/aromatic N) is 2. The van der Waals surface area contributed by atoms with E-state index in [-0.39, 0.29) is 10.6 Å². The van der Waals surface area contributed by atoms with E-state index in [1.165, 1.54) is 37.7 Å². The minimum atomic E-state index is -0.971. The van der Waals surface area contributed by atoms with Crippen molar-refractivity contribution in [2.75, 3.05) is 14.2 Å². The molecule has 1 aromatic heterocycles. The van der Waals surface area contributed by atoms with Gasteiger partial charge in [-0.05, 0) is 18.9 Å². The summed E-state index contributed by atoms with van der Waals surface area (Å²) in [5, 5.41) is 5.33. The number of nitrogens with one attached hydrogen (secondary N) is 1. The van der Waals surface area contributed by atoms with Crippen molar-refractivity contribution in [1.82, 2.24) is 10.3 Å². The average Bonchev–Trinajstić information content (AvgIpc) is 3.51. The Labute approximate surface area is 192 Å². The molecule has 168 valence electrons. The smallest absolute Gasteiger partial charge is 0.338 e. The highest BCUT2D eigenvalue weighted by Crippen LogP contribution is 2.40. The molecule has 0 spiro atoms. The van der Waals surface area contributed by atoms with Crippen LogP contribution in [-0.4, -0.2) is 49.2 Å². The number of thiazole rings is 1. The van der Waals surface area contributed by atoms with Crippen LogP contribution in [0.15, 0.2) is 46.0 Å². The largest absolute Gasteiger partial charge is 0.467 e. The monoisotopic (exact) mass is 479 g/mol. The number of hydrogen-bond acceptors (Lipinski definition) is 9. The first-order chi connectivity index (χ1) is 15.4. The summed E-state index contributed by atoms with van der Waals surface area (Å²) in [7, 11) is 2.52. The van der Waals surface area contributed by atoms with Crippen molar-refractivity contribution in [3.05, 3.63) is 62.5 Å². The van der Waals surface area contributed by atoms with E-state index in [1.807, 2.05) is 0 Å². The molecular formula is C21H19ClFN3O5S. The molecule has 0 amide bonds. The van der Waals surface area contributed by atoms with Crippen LogP contribution in [0.25, 0.3) is 0 Å². The summed E-state index contributed by atoms with van der Waals surface area (Å²) in [4.78, 5) is 33.8. The Morgan fingerprint density at radius 2 is 2.09 bits per heavy atom. The number of rotatable bonds is 5. The molecule has 0 bridgehead atoms. The molecule has 8 nitrogen and oxygen atoms in total. The van der Waals surface area contributed by atoms with Crippen LogP contribution >= 0.6 is 22.9 Å². The maximum absolute atomic E-state index is 14.3. The Morgan fingerprint density at radius 1 is 1.28 bits per heavy atom. The number of methoxy groups -OCH3 is 2. The molecule has 4 rings (SSSR count). The van der Waals surface area contributed by atoms with Gasteiger partial charge in [-0.3, -0.25) is 4.99 Å². The van der Waals surface area contributed by atoms with Crippen molar-refractivity contribution in [2.45, 2.75) is 31.1 Å². The van der Waals surface area contributed by atoms with Crippen LogP contribution in [0.5, 0.6) is 0 Å². The molecule has 32 heavy (non-hydrogen) atoms. The summed E-state index contributed by atoms with van der Waals surface area (Å²) < 4.78 is 30.0. The molecule has 1 fully saturated rings. The Morgan fingerprint density at radius 3 is 2.78 bits per heavy atom. The first-order valence-electron chi connectivity index (χ1n) is 9.68. The number of aromatic nitrogens is 1. The van der Waals surface area contributed by atoms with E-state index >= 15 is 0 Å². The fourth-order valence-corrected chi connectivity index (χ4v) is 4.53. The van der Waals surface area contributed by atoms with Gasteiger partial charge in [0.1, 0.15) is 11.9 Å². The first-order valence-corrected chi connectivity index (χ1v) is 10.9. The molecule has 1 aromatic carbocycles. The second-order valence-electron chi connectivity index (χ2n) is 7.02. The molecule has 2 aromatic rings. The van der Waals surface area contributed by atoms with Crippen LogP contribution in [0.4, 0.5) is 4.39 Å². The molecule has 3 heterocycles. The van der Waals surface area contributed by atoms with E-state index in [2.05, 4.69) is 15.3 Å². The highest BCUT2D eigenvalue weighted by molar-refractivity contribution is 7.11. The van der Waals surface area contributed by atoms with Crippen LogP contribution in [0.2, 0.25) is 5.02 Å². The number of ether oxygens (including phenoxy) is 3. The van der Waals surface area contributed by atoms with Gasteiger partial charge in [-0.2, -0.15) is 0 Å². The van der Waals surface area contributed by atoms with E-state index in [0.717, 1.165) is 0 Å². The van der Waals surface area contributed by atoms with E-state index in [4.69, 9.17) is 25.8 Å². The molecule has 0 radical (unpaired) electrons. The van der Waals surface area contributed by atoms with Gasteiger partial charge in [-0.1, -0.05) is 23.7 Å². The molecule has 2 aliphatic rings. The van der Waals surface area contributed by atoms with Crippen molar-refractivity contribution in [3.8, 4) is 0 Å². The van der Waals surface area contributed by atoms with Crippen molar-refractivity contribution in [3.63, 3.8) is 0 Å². The van der Waals surface area contributed by atoms with Gasteiger partial charge in [0.2, 0.25) is 0 Å². The van der Waals surface area contributed by atoms with Crippen LogP contribution in [0, 0.1) is 5.82 Å². The third-order valence-electron chi connectivity index (χ3n) is 5.20. The lowest BCUT2D eigenvalue weighted by atomic mass is 9.93. The quantitative estimate of drug-likeness (QED) is 0.657. The maximum atomic E-state index is 14.3. The van der Waals surface area contributed by atoms with E-state index in [1.54, 1.807) is 17.6 Å². The number of hydrogen-bond donors (Lipinski definition) is 1. The van der Waals surface area contributed by atoms with Crippen LogP contribution in [0.1, 0.15) is 29.5 Å². The minimum Gasteiger partial charge on any atom is -0.467 e. The number of esters is 2. The predicted molar refractivity (Wildman–Crippen MR) is 115 cm³/mol. The second kappa shape index (κ2) is 9.35. The van der Waals surface area contributed by atoms with Gasteiger partial charge >= 0.3 is 11.9 Å². The highest BCUT2D eigenvalue weighted by atomic mass is 35.5. The summed E-state index contributed by atoms with van der Waals surface area (Å²) >= 11 is 7.60. The molecule has 1 N–H and O–H groups in total. The van der Waals surface area contributed by atoms with Gasteiger partial charge in [0.25, 0.3) is 0 Å². The Kier molecular flexibility index (Phi) is 6.54. The third-order valence-corrected chi connectivity index (χ3v) is 6.38. The molecule has 1 saturated heterocycles. The summed E-state index contributed by atoms with van der Waals surface area (Å²) in [5.41, 5.74) is 0.784. The Balaban J connectivity index is 1.85. The number of benzene rings is 1. The third kappa shape index (κ3) is 4.13. The normalized spacial score (nSPS) is 22.9. The van der Waals surface area contributed by atoms with Gasteiger partial charge in [0, 0.05) is 17.1 Å². The topological polar surface area (TPSA) is 99.1 Å². The standard InChI is InChI=1S/C21H19ClFN3O5S/c1-29-20(27)13-7-6-12(31-13)17-14(21(28)30-2)16(10-4-3-5-11(23)15(10)22)25-18(26-17)19-24-8-9-32-19/h3-5,8-9,12-13,16H,6-7H2,1-2H3,(H,25,26). The van der Waals surface area contributed by atoms with Crippen molar-refractivity contribution < 1.29 is 28.2 Å². The van der Waals surface area contributed by atoms with Crippen LogP contribution < -0.4 is 5.32 Å². The van der Waals surface area contributed by atoms with Gasteiger partial charge < -0.3 is 19.5 Å². The van der Waals surface area contributed by atoms with Gasteiger partial charge in [-0.25, -0.2) is 19.0 Å². The van der Waals surface area contributed by atoms with Gasteiger partial charge in [0.15, 0.2) is 16.9 Å². The molecule has 0 aliphatic carbocycles. The first kappa shape index (κ1) is 22.4. The fourth-order valence-electron chi connectivity index (χ4n) is 3.71. The molecular weight excluding hydrogens is 461 g/mol. The lowest BCUT2D eigenvalue weighted by Crippen LogP contribution is -2.39. The Hall–Kier alpha value is -2.82. The number of carbonyl (C=O) groups excluding carboxylic acids is 2. The van der Waals surface area contributed by atoms with Crippen LogP contribution in [-0.2, 0) is 23.8 Å². The number of carbonyl (C=O) groups is 2. The van der Waals surface area contributed by atoms with E-state index in [0.29, 0.717) is 34.9 Å². The lowest BCUT2D eigenvalue weighted by Gasteiger charge is -2.29. The molecule has 3 atom stereocenters. The number of aliphatic imine (C=N–C) groups is 1. The zero-order chi connectivity index (χ0) is 22.8. The summed E-state index contributed by atoms with van der Waals surface area (Å²) in [6, 6.07) is 3.34. The summed E-state index contributed by atoms with van der Waals surface area (Å²) in [5.74, 6) is -1.44. The predicted octanol–water partition coefficient (Wildman–Crippen LogP) is 3.17. The number of amidine groups is 1. The zero-order valence-electron chi connectivity index (χ0n) is 17.1. The number of halogens is 2. The lowest BCUT2D eigenvalue weighted by molar-refractivity contribution is -0.152. The van der Waals surface area contributed by atoms with Crippen molar-refractivity contribution >= 4 is 40.7 Å². The van der Waals surface area contributed by atoms with Crippen molar-refractivity contribution in [2.24, 2.45) is 4.99 Å². The maximum Gasteiger partial charge on any atom is 0.338 e. The fraction of sp³-hybridized carbons (Fsp3) is 0.333. The molecule has 0 saturated carbocycles. The summed E-state index contributed by atoms with van der Waals surface area (Å²) in [6.45, 7) is 0.